The van der Waals surface area contributed by atoms with E-state index in [-0.39, 0.29) is 6.10 Å². The van der Waals surface area contributed by atoms with Crippen molar-refractivity contribution in [3.63, 3.8) is 0 Å². The number of benzene rings is 1. The summed E-state index contributed by atoms with van der Waals surface area (Å²) in [6.07, 6.45) is 0.210. The molecule has 27 heavy (non-hydrogen) atoms. The summed E-state index contributed by atoms with van der Waals surface area (Å²) >= 11 is 0. The summed E-state index contributed by atoms with van der Waals surface area (Å²) in [6, 6.07) is 8.72. The van der Waals surface area contributed by atoms with Gasteiger partial charge in [-0.15, -0.1) is 0 Å². The molecule has 1 aliphatic rings. The molecule has 6 heteroatoms. The summed E-state index contributed by atoms with van der Waals surface area (Å²) in [5.41, 5.74) is 2.57. The molecule has 1 aliphatic heterocycles. The topological polar surface area (TPSA) is 52.1 Å². The molecule has 1 atom stereocenters. The second-order valence-electron chi connectivity index (χ2n) is 8.01. The van der Waals surface area contributed by atoms with Gasteiger partial charge in [0.25, 0.3) is 0 Å². The van der Waals surface area contributed by atoms with Gasteiger partial charge in [0.15, 0.2) is 5.96 Å². The van der Waals surface area contributed by atoms with Gasteiger partial charge in [0.2, 0.25) is 0 Å². The van der Waals surface area contributed by atoms with Crippen LogP contribution in [-0.2, 0) is 17.8 Å². The minimum atomic E-state index is 0.210. The second-order valence-corrected chi connectivity index (χ2v) is 8.01. The zero-order chi connectivity index (χ0) is 19.6. The van der Waals surface area contributed by atoms with Gasteiger partial charge in [-0.1, -0.05) is 38.1 Å². The molecule has 0 spiro atoms. The summed E-state index contributed by atoms with van der Waals surface area (Å²) in [4.78, 5) is 9.00. The van der Waals surface area contributed by atoms with Crippen LogP contribution in [0.3, 0.4) is 0 Å². The van der Waals surface area contributed by atoms with Gasteiger partial charge in [0, 0.05) is 46.3 Å². The van der Waals surface area contributed by atoms with Gasteiger partial charge in [-0.05, 0) is 31.1 Å². The summed E-state index contributed by atoms with van der Waals surface area (Å²) < 4.78 is 5.90. The Hall–Kier alpha value is -1.63. The first kappa shape index (κ1) is 21.7. The van der Waals surface area contributed by atoms with Crippen molar-refractivity contribution in [1.29, 1.82) is 0 Å². The fourth-order valence-corrected chi connectivity index (χ4v) is 3.33. The molecule has 1 saturated heterocycles. The Morgan fingerprint density at radius 3 is 2.56 bits per heavy atom. The summed E-state index contributed by atoms with van der Waals surface area (Å²) in [7, 11) is 5.98. The highest BCUT2D eigenvalue weighted by Gasteiger charge is 2.21. The van der Waals surface area contributed by atoms with Crippen molar-refractivity contribution in [2.24, 2.45) is 10.9 Å². The van der Waals surface area contributed by atoms with E-state index in [1.165, 1.54) is 11.1 Å². The Morgan fingerprint density at radius 1 is 1.22 bits per heavy atom. The number of morpholine rings is 1. The van der Waals surface area contributed by atoms with Crippen LogP contribution in [0, 0.1) is 5.92 Å². The second kappa shape index (κ2) is 11.3. The zero-order valence-electron chi connectivity index (χ0n) is 17.7. The van der Waals surface area contributed by atoms with Crippen LogP contribution >= 0.6 is 0 Å². The number of nitrogens with zero attached hydrogens (tertiary/aromatic N) is 3. The predicted octanol–water partition coefficient (Wildman–Crippen LogP) is 1.77. The lowest BCUT2D eigenvalue weighted by molar-refractivity contribution is -0.0284. The molecule has 1 aromatic carbocycles. The quantitative estimate of drug-likeness (QED) is 0.536. The molecule has 1 aromatic rings. The van der Waals surface area contributed by atoms with E-state index >= 15 is 0 Å². The lowest BCUT2D eigenvalue weighted by Gasteiger charge is -2.34. The third kappa shape index (κ3) is 8.28. The lowest BCUT2D eigenvalue weighted by Crippen LogP contribution is -2.50. The first-order chi connectivity index (χ1) is 13.0. The van der Waals surface area contributed by atoms with Gasteiger partial charge in [-0.3, -0.25) is 9.89 Å². The molecule has 1 fully saturated rings. The van der Waals surface area contributed by atoms with Crippen LogP contribution in [0.25, 0.3) is 0 Å². The molecule has 0 aliphatic carbocycles. The van der Waals surface area contributed by atoms with E-state index in [0.717, 1.165) is 51.8 Å². The Labute approximate surface area is 165 Å². The first-order valence-corrected chi connectivity index (χ1v) is 9.97. The van der Waals surface area contributed by atoms with Crippen molar-refractivity contribution < 1.29 is 4.74 Å². The van der Waals surface area contributed by atoms with E-state index < -0.39 is 0 Å². The molecule has 6 nitrogen and oxygen atoms in total. The molecular formula is C21H37N5O. The zero-order valence-corrected chi connectivity index (χ0v) is 17.7. The SMILES string of the molecule is CN=C(NCc1ccc(CN(C)C)cc1)NCC1CN(CC(C)C)CCO1. The smallest absolute Gasteiger partial charge is 0.191 e. The maximum Gasteiger partial charge on any atom is 0.191 e. The van der Waals surface area contributed by atoms with Crippen LogP contribution in [0.15, 0.2) is 29.3 Å². The average molecular weight is 376 g/mol. The van der Waals surface area contributed by atoms with Crippen molar-refractivity contribution in [3.8, 4) is 0 Å². The molecule has 2 N–H and O–H groups in total. The fourth-order valence-electron chi connectivity index (χ4n) is 3.33. The maximum absolute atomic E-state index is 5.90. The number of rotatable bonds is 8. The van der Waals surface area contributed by atoms with Gasteiger partial charge < -0.3 is 20.3 Å². The third-order valence-electron chi connectivity index (χ3n) is 4.55. The highest BCUT2D eigenvalue weighted by Crippen LogP contribution is 2.08. The Bertz CT molecular complexity index is 570. The number of nitrogens with one attached hydrogen (secondary N) is 2. The van der Waals surface area contributed by atoms with E-state index in [4.69, 9.17) is 4.74 Å². The summed E-state index contributed by atoms with van der Waals surface area (Å²) in [5, 5.41) is 6.79. The number of guanidine groups is 1. The largest absolute Gasteiger partial charge is 0.374 e. The monoisotopic (exact) mass is 375 g/mol. The average Bonchev–Trinajstić information content (AvgIpc) is 2.62. The van der Waals surface area contributed by atoms with Gasteiger partial charge in [0.1, 0.15) is 0 Å². The molecule has 0 saturated carbocycles. The Kier molecular flexibility index (Phi) is 9.04. The minimum absolute atomic E-state index is 0.210. The molecule has 0 bridgehead atoms. The minimum Gasteiger partial charge on any atom is -0.374 e. The van der Waals surface area contributed by atoms with E-state index in [0.29, 0.717) is 5.92 Å². The van der Waals surface area contributed by atoms with Crippen LogP contribution in [0.4, 0.5) is 0 Å². The van der Waals surface area contributed by atoms with Crippen molar-refractivity contribution in [3.05, 3.63) is 35.4 Å². The normalized spacial score (nSPS) is 18.9. The van der Waals surface area contributed by atoms with E-state index in [2.05, 4.69) is 77.6 Å². The van der Waals surface area contributed by atoms with Gasteiger partial charge in [-0.2, -0.15) is 0 Å². The summed E-state index contributed by atoms with van der Waals surface area (Å²) in [6.45, 7) is 11.0. The maximum atomic E-state index is 5.90. The number of aliphatic imine (C=N–C) groups is 1. The van der Waals surface area contributed by atoms with E-state index in [9.17, 15) is 0 Å². The fraction of sp³-hybridized carbons (Fsp3) is 0.667. The first-order valence-electron chi connectivity index (χ1n) is 9.97. The van der Waals surface area contributed by atoms with Gasteiger partial charge >= 0.3 is 0 Å². The number of hydrogen-bond acceptors (Lipinski definition) is 4. The molecule has 152 valence electrons. The lowest BCUT2D eigenvalue weighted by atomic mass is 10.1. The Balaban J connectivity index is 1.74. The molecule has 0 aromatic heterocycles. The van der Waals surface area contributed by atoms with Gasteiger partial charge in [-0.25, -0.2) is 0 Å². The summed E-state index contributed by atoms with van der Waals surface area (Å²) in [5.74, 6) is 1.51. The third-order valence-corrected chi connectivity index (χ3v) is 4.55. The van der Waals surface area contributed by atoms with Crippen LogP contribution < -0.4 is 10.6 Å². The van der Waals surface area contributed by atoms with E-state index in [1.54, 1.807) is 0 Å². The highest BCUT2D eigenvalue weighted by molar-refractivity contribution is 5.79. The Morgan fingerprint density at radius 2 is 1.93 bits per heavy atom. The van der Waals surface area contributed by atoms with Crippen molar-refractivity contribution in [2.75, 3.05) is 53.9 Å². The molecule has 2 rings (SSSR count). The van der Waals surface area contributed by atoms with Crippen molar-refractivity contribution in [1.82, 2.24) is 20.4 Å². The van der Waals surface area contributed by atoms with Crippen molar-refractivity contribution in [2.45, 2.75) is 33.0 Å². The van der Waals surface area contributed by atoms with Crippen LogP contribution in [-0.4, -0.2) is 75.8 Å². The molecule has 1 heterocycles. The van der Waals surface area contributed by atoms with Crippen LogP contribution in [0.5, 0.6) is 0 Å². The number of ether oxygens (including phenoxy) is 1. The molecule has 0 amide bonds. The predicted molar refractivity (Wildman–Crippen MR) is 113 cm³/mol. The number of hydrogen-bond donors (Lipinski definition) is 2. The van der Waals surface area contributed by atoms with Crippen LogP contribution in [0.2, 0.25) is 0 Å². The van der Waals surface area contributed by atoms with Gasteiger partial charge in [0.05, 0.1) is 12.7 Å². The molecule has 0 radical (unpaired) electrons. The van der Waals surface area contributed by atoms with Crippen LogP contribution in [0.1, 0.15) is 25.0 Å². The molecular weight excluding hydrogens is 338 g/mol. The van der Waals surface area contributed by atoms with E-state index in [1.807, 2.05) is 7.05 Å². The standard InChI is InChI=1S/C21H37N5O/c1-17(2)14-26-10-11-27-20(16-26)13-24-21(22-3)23-12-18-6-8-19(9-7-18)15-25(4)5/h6-9,17,20H,10-16H2,1-5H3,(H2,22,23,24). The molecule has 1 unspecified atom stereocenters. The highest BCUT2D eigenvalue weighted by atomic mass is 16.5. The van der Waals surface area contributed by atoms with Crippen molar-refractivity contribution >= 4 is 5.96 Å².